The van der Waals surface area contributed by atoms with E-state index >= 15 is 0 Å². The van der Waals surface area contributed by atoms with Gasteiger partial charge in [-0.3, -0.25) is 0 Å². The molecule has 1 N–H and O–H groups in total. The molecule has 0 saturated heterocycles. The van der Waals surface area contributed by atoms with Crippen LogP contribution in [0.3, 0.4) is 0 Å². The number of rotatable bonds is 5. The standard InChI is InChI=1S/C16H18BrFN2/c1-19-10-13-6-7-15(9-16(13)17)20(2)11-12-4-3-5-14(18)8-12/h3-9,19H,10-11H2,1-2H3. The Morgan fingerprint density at radius 3 is 2.65 bits per heavy atom. The maximum absolute atomic E-state index is 13.2. The first-order valence-electron chi connectivity index (χ1n) is 6.49. The monoisotopic (exact) mass is 336 g/mol. The van der Waals surface area contributed by atoms with E-state index in [4.69, 9.17) is 0 Å². The highest BCUT2D eigenvalue weighted by atomic mass is 79.9. The average Bonchev–Trinajstić information content (AvgIpc) is 2.41. The summed E-state index contributed by atoms with van der Waals surface area (Å²) in [6.07, 6.45) is 0. The molecular weight excluding hydrogens is 319 g/mol. The van der Waals surface area contributed by atoms with Crippen LogP contribution in [0.5, 0.6) is 0 Å². The van der Waals surface area contributed by atoms with Gasteiger partial charge in [0.1, 0.15) is 5.82 Å². The molecule has 0 atom stereocenters. The maximum Gasteiger partial charge on any atom is 0.123 e. The quantitative estimate of drug-likeness (QED) is 0.889. The Balaban J connectivity index is 2.13. The predicted molar refractivity (Wildman–Crippen MR) is 85.4 cm³/mol. The maximum atomic E-state index is 13.2. The van der Waals surface area contributed by atoms with Gasteiger partial charge in [-0.15, -0.1) is 0 Å². The molecule has 0 saturated carbocycles. The van der Waals surface area contributed by atoms with Gasteiger partial charge >= 0.3 is 0 Å². The number of halogens is 2. The van der Waals surface area contributed by atoms with Crippen molar-refractivity contribution >= 4 is 21.6 Å². The van der Waals surface area contributed by atoms with Crippen LogP contribution < -0.4 is 10.2 Å². The number of hydrogen-bond acceptors (Lipinski definition) is 2. The zero-order valence-electron chi connectivity index (χ0n) is 11.7. The topological polar surface area (TPSA) is 15.3 Å². The summed E-state index contributed by atoms with van der Waals surface area (Å²) >= 11 is 3.59. The van der Waals surface area contributed by atoms with Crippen LogP contribution in [0.15, 0.2) is 46.9 Å². The lowest BCUT2D eigenvalue weighted by Gasteiger charge is -2.20. The van der Waals surface area contributed by atoms with E-state index in [1.165, 1.54) is 11.6 Å². The smallest absolute Gasteiger partial charge is 0.123 e. The highest BCUT2D eigenvalue weighted by Gasteiger charge is 2.06. The van der Waals surface area contributed by atoms with E-state index in [0.717, 1.165) is 22.3 Å². The second kappa shape index (κ2) is 6.86. The molecule has 0 aromatic heterocycles. The normalized spacial score (nSPS) is 10.6. The lowest BCUT2D eigenvalue weighted by Crippen LogP contribution is -2.16. The number of nitrogens with one attached hydrogen (secondary N) is 1. The molecule has 0 aliphatic rings. The zero-order valence-corrected chi connectivity index (χ0v) is 13.2. The van der Waals surface area contributed by atoms with Crippen LogP contribution in [-0.4, -0.2) is 14.1 Å². The van der Waals surface area contributed by atoms with Crippen molar-refractivity contribution in [2.75, 3.05) is 19.0 Å². The van der Waals surface area contributed by atoms with E-state index in [1.807, 2.05) is 20.2 Å². The average molecular weight is 337 g/mol. The molecule has 4 heteroatoms. The molecule has 106 valence electrons. The highest BCUT2D eigenvalue weighted by Crippen LogP contribution is 2.24. The Morgan fingerprint density at radius 2 is 2.00 bits per heavy atom. The molecule has 0 spiro atoms. The summed E-state index contributed by atoms with van der Waals surface area (Å²) in [6.45, 7) is 1.50. The third kappa shape index (κ3) is 3.81. The summed E-state index contributed by atoms with van der Waals surface area (Å²) in [5.74, 6) is -0.193. The van der Waals surface area contributed by atoms with Crippen LogP contribution in [0.25, 0.3) is 0 Å². The molecule has 20 heavy (non-hydrogen) atoms. The summed E-state index contributed by atoms with van der Waals surface area (Å²) in [5.41, 5.74) is 3.28. The lowest BCUT2D eigenvalue weighted by molar-refractivity contribution is 0.625. The molecule has 0 amide bonds. The highest BCUT2D eigenvalue weighted by molar-refractivity contribution is 9.10. The van der Waals surface area contributed by atoms with Gasteiger partial charge in [0.15, 0.2) is 0 Å². The molecule has 0 fully saturated rings. The molecular formula is C16H18BrFN2. The van der Waals surface area contributed by atoms with Gasteiger partial charge in [0, 0.05) is 30.3 Å². The Hall–Kier alpha value is -1.39. The van der Waals surface area contributed by atoms with E-state index in [0.29, 0.717) is 6.54 Å². The third-order valence-electron chi connectivity index (χ3n) is 3.15. The molecule has 2 rings (SSSR count). The molecule has 0 bridgehead atoms. The first-order chi connectivity index (χ1) is 9.60. The zero-order chi connectivity index (χ0) is 14.5. The van der Waals surface area contributed by atoms with E-state index in [1.54, 1.807) is 12.1 Å². The summed E-state index contributed by atoms with van der Waals surface area (Å²) in [6, 6.07) is 13.0. The van der Waals surface area contributed by atoms with Gasteiger partial charge in [-0.2, -0.15) is 0 Å². The minimum Gasteiger partial charge on any atom is -0.370 e. The minimum absolute atomic E-state index is 0.193. The first kappa shape index (κ1) is 15.0. The molecule has 2 nitrogen and oxygen atoms in total. The van der Waals surface area contributed by atoms with Crippen molar-refractivity contribution < 1.29 is 4.39 Å². The molecule has 0 aliphatic heterocycles. The van der Waals surface area contributed by atoms with Crippen molar-refractivity contribution in [2.45, 2.75) is 13.1 Å². The van der Waals surface area contributed by atoms with E-state index < -0.39 is 0 Å². The number of anilines is 1. The van der Waals surface area contributed by atoms with Crippen molar-refractivity contribution in [3.05, 3.63) is 63.9 Å². The summed E-state index contributed by atoms with van der Waals surface area (Å²) in [7, 11) is 3.93. The molecule has 0 heterocycles. The summed E-state index contributed by atoms with van der Waals surface area (Å²) in [4.78, 5) is 2.10. The van der Waals surface area contributed by atoms with Crippen molar-refractivity contribution in [3.63, 3.8) is 0 Å². The van der Waals surface area contributed by atoms with Gasteiger partial charge in [-0.1, -0.05) is 34.1 Å². The van der Waals surface area contributed by atoms with Crippen molar-refractivity contribution in [3.8, 4) is 0 Å². The van der Waals surface area contributed by atoms with Gasteiger partial charge in [0.05, 0.1) is 0 Å². The molecule has 0 aliphatic carbocycles. The van der Waals surface area contributed by atoms with E-state index in [2.05, 4.69) is 44.3 Å². The largest absolute Gasteiger partial charge is 0.370 e. The molecule has 0 radical (unpaired) electrons. The van der Waals surface area contributed by atoms with Crippen LogP contribution >= 0.6 is 15.9 Å². The van der Waals surface area contributed by atoms with Gasteiger partial charge in [-0.25, -0.2) is 4.39 Å². The Labute approximate surface area is 127 Å². The fourth-order valence-corrected chi connectivity index (χ4v) is 2.61. The molecule has 0 unspecified atom stereocenters. The predicted octanol–water partition coefficient (Wildman–Crippen LogP) is 3.94. The fraction of sp³-hybridized carbons (Fsp3) is 0.250. The Kier molecular flexibility index (Phi) is 5.15. The lowest BCUT2D eigenvalue weighted by atomic mass is 10.1. The van der Waals surface area contributed by atoms with Gasteiger partial charge in [0.2, 0.25) is 0 Å². The summed E-state index contributed by atoms with van der Waals surface area (Å²) in [5, 5.41) is 3.13. The van der Waals surface area contributed by atoms with Crippen LogP contribution in [0.2, 0.25) is 0 Å². The third-order valence-corrected chi connectivity index (χ3v) is 3.89. The van der Waals surface area contributed by atoms with Gasteiger partial charge < -0.3 is 10.2 Å². The van der Waals surface area contributed by atoms with E-state index in [-0.39, 0.29) is 5.82 Å². The Bertz CT molecular complexity index is 586. The van der Waals surface area contributed by atoms with Crippen LogP contribution in [0, 0.1) is 5.82 Å². The second-order valence-corrected chi connectivity index (χ2v) is 5.65. The van der Waals surface area contributed by atoms with Gasteiger partial charge in [0.25, 0.3) is 0 Å². The van der Waals surface area contributed by atoms with E-state index in [9.17, 15) is 4.39 Å². The number of nitrogens with zero attached hydrogens (tertiary/aromatic N) is 1. The minimum atomic E-state index is -0.193. The van der Waals surface area contributed by atoms with Crippen LogP contribution in [0.4, 0.5) is 10.1 Å². The SMILES string of the molecule is CNCc1ccc(N(C)Cc2cccc(F)c2)cc1Br. The van der Waals surface area contributed by atoms with Crippen LogP contribution in [0.1, 0.15) is 11.1 Å². The first-order valence-corrected chi connectivity index (χ1v) is 7.28. The van der Waals surface area contributed by atoms with Crippen molar-refractivity contribution in [1.82, 2.24) is 5.32 Å². The van der Waals surface area contributed by atoms with Gasteiger partial charge in [-0.05, 0) is 42.4 Å². The van der Waals surface area contributed by atoms with Crippen molar-refractivity contribution in [1.29, 1.82) is 0 Å². The second-order valence-electron chi connectivity index (χ2n) is 4.79. The number of hydrogen-bond donors (Lipinski definition) is 1. The molecule has 2 aromatic rings. The van der Waals surface area contributed by atoms with Crippen LogP contribution in [-0.2, 0) is 13.1 Å². The number of benzene rings is 2. The van der Waals surface area contributed by atoms with Crippen molar-refractivity contribution in [2.24, 2.45) is 0 Å². The summed E-state index contributed by atoms with van der Waals surface area (Å²) < 4.78 is 14.3. The molecule has 2 aromatic carbocycles. The fourth-order valence-electron chi connectivity index (χ4n) is 2.11. The Morgan fingerprint density at radius 1 is 1.20 bits per heavy atom.